The van der Waals surface area contributed by atoms with E-state index in [0.717, 1.165) is 73.3 Å². The lowest BCUT2D eigenvalue weighted by Gasteiger charge is -2.57. The van der Waals surface area contributed by atoms with Gasteiger partial charge < -0.3 is 15.1 Å². The molecule has 0 unspecified atom stereocenters. The van der Waals surface area contributed by atoms with Crippen molar-refractivity contribution in [3.63, 3.8) is 0 Å². The maximum Gasteiger partial charge on any atom is 0.260 e. The second-order valence-corrected chi connectivity index (χ2v) is 14.1. The highest BCUT2D eigenvalue weighted by Crippen LogP contribution is 2.59. The van der Waals surface area contributed by atoms with Crippen LogP contribution < -0.4 is 15.8 Å². The fraction of sp³-hybridized carbons (Fsp3) is 0.457. The first kappa shape index (κ1) is 27.2. The summed E-state index contributed by atoms with van der Waals surface area (Å²) in [7, 11) is 2.18. The molecule has 4 saturated carbocycles. The van der Waals surface area contributed by atoms with Gasteiger partial charge in [0.25, 0.3) is 5.56 Å². The van der Waals surface area contributed by atoms with Gasteiger partial charge in [0.05, 0.1) is 11.1 Å². The summed E-state index contributed by atoms with van der Waals surface area (Å²) in [5.74, 6) is 2.59. The van der Waals surface area contributed by atoms with Crippen LogP contribution in [-0.2, 0) is 5.54 Å². The third-order valence-electron chi connectivity index (χ3n) is 10.8. The number of rotatable bonds is 5. The number of nitrogens with one attached hydrogen (secondary N) is 1. The maximum atomic E-state index is 14.8. The number of pyridine rings is 1. The summed E-state index contributed by atoms with van der Waals surface area (Å²) < 4.78 is 2.10. The van der Waals surface area contributed by atoms with Gasteiger partial charge in [-0.3, -0.25) is 9.36 Å². The molecule has 43 heavy (non-hydrogen) atoms. The van der Waals surface area contributed by atoms with Gasteiger partial charge in [0, 0.05) is 59.7 Å². The molecule has 4 aromatic rings. The Kier molecular flexibility index (Phi) is 6.53. The van der Waals surface area contributed by atoms with E-state index in [-0.39, 0.29) is 11.1 Å². The normalized spacial score (nSPS) is 26.8. The first-order valence-electron chi connectivity index (χ1n) is 15.9. The van der Waals surface area contributed by atoms with Crippen molar-refractivity contribution in [1.82, 2.24) is 19.4 Å². The Morgan fingerprint density at radius 3 is 2.21 bits per heavy atom. The molecule has 4 bridgehead atoms. The minimum absolute atomic E-state index is 0.0289. The highest BCUT2D eigenvalue weighted by atomic mass is 35.5. The molecule has 1 saturated heterocycles. The minimum Gasteiger partial charge on any atom is -0.369 e. The Bertz CT molecular complexity index is 1720. The van der Waals surface area contributed by atoms with Crippen molar-refractivity contribution >= 4 is 40.0 Å². The molecule has 9 rings (SSSR count). The Balaban J connectivity index is 1.23. The van der Waals surface area contributed by atoms with Crippen LogP contribution in [0.5, 0.6) is 0 Å². The van der Waals surface area contributed by atoms with Gasteiger partial charge in [-0.1, -0.05) is 29.8 Å². The minimum atomic E-state index is -0.205. The van der Waals surface area contributed by atoms with Crippen molar-refractivity contribution in [2.75, 3.05) is 43.4 Å². The first-order chi connectivity index (χ1) is 20.9. The highest BCUT2D eigenvalue weighted by molar-refractivity contribution is 6.33. The summed E-state index contributed by atoms with van der Waals surface area (Å²) in [4.78, 5) is 29.5. The van der Waals surface area contributed by atoms with Crippen LogP contribution in [0.15, 0.2) is 59.5 Å². The van der Waals surface area contributed by atoms with E-state index in [4.69, 9.17) is 21.6 Å². The predicted molar refractivity (Wildman–Crippen MR) is 175 cm³/mol. The molecule has 0 amide bonds. The average Bonchev–Trinajstić information content (AvgIpc) is 2.98. The SMILES string of the molecule is Cc1c(-c2ccccc2Cl)c(=O)n(C23CC4CC(CC(C4)C2)C3)c2nc(Nc3ccc(N4CCN(C)CC4)cc3)ncc12. The molecule has 3 heterocycles. The molecule has 0 radical (unpaired) electrons. The number of hydrogen-bond donors (Lipinski definition) is 1. The molecule has 1 aliphatic heterocycles. The third-order valence-corrected chi connectivity index (χ3v) is 11.1. The van der Waals surface area contributed by atoms with Crippen LogP contribution in [0.25, 0.3) is 22.2 Å². The quantitative estimate of drug-likeness (QED) is 0.273. The Hall–Kier alpha value is -3.42. The highest BCUT2D eigenvalue weighted by Gasteiger charge is 2.53. The molecule has 222 valence electrons. The number of fused-ring (bicyclic) bond motifs is 1. The van der Waals surface area contributed by atoms with Crippen LogP contribution in [0.4, 0.5) is 17.3 Å². The fourth-order valence-corrected chi connectivity index (χ4v) is 9.31. The zero-order valence-corrected chi connectivity index (χ0v) is 25.8. The van der Waals surface area contributed by atoms with Gasteiger partial charge in [-0.15, -0.1) is 0 Å². The molecule has 0 spiro atoms. The standard InChI is InChI=1S/C35H39ClN6O/c1-22-29-21-37-34(38-26-7-9-27(10-8-26)41-13-11-40(2)12-14-41)39-32(29)42(33(43)31(22)28-5-3-4-6-30(28)36)35-18-23-15-24(19-35)17-25(16-23)20-35/h3-10,21,23-25H,11-20H2,1-2H3,(H,37,38,39). The Morgan fingerprint density at radius 1 is 0.907 bits per heavy atom. The smallest absolute Gasteiger partial charge is 0.260 e. The number of likely N-dealkylation sites (N-methyl/N-ethyl adjacent to an activating group) is 1. The summed E-state index contributed by atoms with van der Waals surface area (Å²) >= 11 is 6.71. The number of aryl methyl sites for hydroxylation is 1. The lowest BCUT2D eigenvalue weighted by Crippen LogP contribution is -2.55. The van der Waals surface area contributed by atoms with Crippen molar-refractivity contribution in [2.24, 2.45) is 17.8 Å². The number of halogens is 1. The molecule has 1 N–H and O–H groups in total. The molecule has 5 aliphatic rings. The van der Waals surface area contributed by atoms with Crippen molar-refractivity contribution in [1.29, 1.82) is 0 Å². The first-order valence-corrected chi connectivity index (χ1v) is 16.2. The number of aromatic nitrogens is 3. The second-order valence-electron chi connectivity index (χ2n) is 13.7. The number of piperazine rings is 1. The van der Waals surface area contributed by atoms with Crippen LogP contribution in [0, 0.1) is 24.7 Å². The van der Waals surface area contributed by atoms with E-state index in [0.29, 0.717) is 34.3 Å². The average molecular weight is 595 g/mol. The van der Waals surface area contributed by atoms with E-state index >= 15 is 0 Å². The van der Waals surface area contributed by atoms with E-state index in [2.05, 4.69) is 51.0 Å². The molecule has 5 fully saturated rings. The molecule has 2 aromatic carbocycles. The van der Waals surface area contributed by atoms with Gasteiger partial charge in [0.1, 0.15) is 5.65 Å². The largest absolute Gasteiger partial charge is 0.369 e. The Labute approximate surface area is 257 Å². The van der Waals surface area contributed by atoms with Crippen LogP contribution in [0.3, 0.4) is 0 Å². The van der Waals surface area contributed by atoms with E-state index < -0.39 is 0 Å². The van der Waals surface area contributed by atoms with Crippen molar-refractivity contribution in [3.05, 3.63) is 75.7 Å². The lowest BCUT2D eigenvalue weighted by molar-refractivity contribution is -0.0426. The third kappa shape index (κ3) is 4.63. The second kappa shape index (κ2) is 10.3. The molecular weight excluding hydrogens is 556 g/mol. The van der Waals surface area contributed by atoms with Gasteiger partial charge >= 0.3 is 0 Å². The van der Waals surface area contributed by atoms with Crippen LogP contribution in [0.2, 0.25) is 5.02 Å². The molecule has 7 nitrogen and oxygen atoms in total. The molecule has 8 heteroatoms. The fourth-order valence-electron chi connectivity index (χ4n) is 9.08. The summed E-state index contributed by atoms with van der Waals surface area (Å²) in [5.41, 5.74) is 5.09. The van der Waals surface area contributed by atoms with Gasteiger partial charge in [-0.25, -0.2) is 4.98 Å². The van der Waals surface area contributed by atoms with E-state index in [1.807, 2.05) is 37.4 Å². The van der Waals surface area contributed by atoms with E-state index in [1.54, 1.807) is 0 Å². The molecule has 2 aromatic heterocycles. The number of hydrogen-bond acceptors (Lipinski definition) is 6. The number of nitrogens with zero attached hydrogens (tertiary/aromatic N) is 5. The van der Waals surface area contributed by atoms with Crippen LogP contribution in [-0.4, -0.2) is 52.7 Å². The Morgan fingerprint density at radius 2 is 1.56 bits per heavy atom. The van der Waals surface area contributed by atoms with Gasteiger partial charge in [0.15, 0.2) is 0 Å². The van der Waals surface area contributed by atoms with Crippen molar-refractivity contribution in [3.8, 4) is 11.1 Å². The van der Waals surface area contributed by atoms with E-state index in [9.17, 15) is 4.79 Å². The monoisotopic (exact) mass is 594 g/mol. The number of benzene rings is 2. The summed E-state index contributed by atoms with van der Waals surface area (Å²) in [6, 6.07) is 16.2. The summed E-state index contributed by atoms with van der Waals surface area (Å²) in [6.07, 6.45) is 8.98. The number of anilines is 3. The van der Waals surface area contributed by atoms with Gasteiger partial charge in [0.2, 0.25) is 5.95 Å². The predicted octanol–water partition coefficient (Wildman–Crippen LogP) is 6.84. The maximum absolute atomic E-state index is 14.8. The van der Waals surface area contributed by atoms with Crippen LogP contribution in [0.1, 0.15) is 44.1 Å². The lowest BCUT2D eigenvalue weighted by atomic mass is 9.53. The zero-order chi connectivity index (χ0) is 29.3. The summed E-state index contributed by atoms with van der Waals surface area (Å²) in [5, 5.41) is 4.96. The van der Waals surface area contributed by atoms with Crippen LogP contribution >= 0.6 is 11.6 Å². The van der Waals surface area contributed by atoms with Gasteiger partial charge in [-0.2, -0.15) is 4.98 Å². The molecular formula is C35H39ClN6O. The van der Waals surface area contributed by atoms with Crippen molar-refractivity contribution < 1.29 is 0 Å². The van der Waals surface area contributed by atoms with E-state index in [1.165, 1.54) is 24.9 Å². The molecule has 0 atom stereocenters. The summed E-state index contributed by atoms with van der Waals surface area (Å²) in [6.45, 7) is 6.24. The van der Waals surface area contributed by atoms with Crippen molar-refractivity contribution in [2.45, 2.75) is 51.0 Å². The molecule has 4 aliphatic carbocycles. The topological polar surface area (TPSA) is 66.3 Å². The zero-order valence-electron chi connectivity index (χ0n) is 25.0. The van der Waals surface area contributed by atoms with Gasteiger partial charge in [-0.05, 0) is 106 Å².